The Kier molecular flexibility index (Phi) is 1.08. The van der Waals surface area contributed by atoms with E-state index in [0.717, 1.165) is 0 Å². The molecule has 0 aromatic rings. The Balaban J connectivity index is 2.62. The standard InChI is InChI=1S/C6H8O3/c1-6(5(8)9)2-4(6)3-7/h3-4H,2H2,1H3,(H,8,9)/t4-,6+/m1/s1. The van der Waals surface area contributed by atoms with Gasteiger partial charge in [-0.05, 0) is 13.3 Å². The smallest absolute Gasteiger partial charge is 0.310 e. The van der Waals surface area contributed by atoms with E-state index in [1.165, 1.54) is 0 Å². The molecule has 0 saturated heterocycles. The molecule has 0 aromatic carbocycles. The van der Waals surface area contributed by atoms with Crippen LogP contribution in [0.2, 0.25) is 0 Å². The Morgan fingerprint density at radius 2 is 2.44 bits per heavy atom. The van der Waals surface area contributed by atoms with Gasteiger partial charge in [0.15, 0.2) is 0 Å². The molecule has 0 bridgehead atoms. The summed E-state index contributed by atoms with van der Waals surface area (Å²) in [5, 5.41) is 8.46. The molecule has 1 N–H and O–H groups in total. The second kappa shape index (κ2) is 1.56. The summed E-state index contributed by atoms with van der Waals surface area (Å²) in [6.07, 6.45) is 1.22. The van der Waals surface area contributed by atoms with E-state index in [4.69, 9.17) is 5.11 Å². The number of carbonyl (C=O) groups is 2. The molecule has 2 atom stereocenters. The van der Waals surface area contributed by atoms with E-state index in [1.807, 2.05) is 0 Å². The number of carbonyl (C=O) groups excluding carboxylic acids is 1. The van der Waals surface area contributed by atoms with E-state index >= 15 is 0 Å². The maximum Gasteiger partial charge on any atom is 0.310 e. The van der Waals surface area contributed by atoms with E-state index in [1.54, 1.807) is 6.92 Å². The molecule has 0 radical (unpaired) electrons. The van der Waals surface area contributed by atoms with Crippen LogP contribution in [0.15, 0.2) is 0 Å². The van der Waals surface area contributed by atoms with Crippen LogP contribution in [0.4, 0.5) is 0 Å². The predicted molar refractivity (Wildman–Crippen MR) is 29.9 cm³/mol. The largest absolute Gasteiger partial charge is 0.481 e. The van der Waals surface area contributed by atoms with Crippen LogP contribution < -0.4 is 0 Å². The summed E-state index contributed by atoms with van der Waals surface area (Å²) in [6.45, 7) is 1.59. The minimum absolute atomic E-state index is 0.241. The highest BCUT2D eigenvalue weighted by Gasteiger charge is 2.56. The molecule has 0 aromatic heterocycles. The third-order valence-electron chi connectivity index (χ3n) is 1.96. The molecule has 3 heteroatoms. The lowest BCUT2D eigenvalue weighted by molar-refractivity contribution is -0.143. The average molecular weight is 128 g/mol. The molecule has 1 fully saturated rings. The van der Waals surface area contributed by atoms with Crippen LogP contribution in [0.25, 0.3) is 0 Å². The fraction of sp³-hybridized carbons (Fsp3) is 0.667. The molecule has 1 saturated carbocycles. The summed E-state index contributed by atoms with van der Waals surface area (Å²) in [6, 6.07) is 0. The van der Waals surface area contributed by atoms with Crippen molar-refractivity contribution in [3.05, 3.63) is 0 Å². The van der Waals surface area contributed by atoms with Gasteiger partial charge >= 0.3 is 5.97 Å². The molecule has 1 aliphatic rings. The lowest BCUT2D eigenvalue weighted by atomic mass is 10.1. The first-order valence-corrected chi connectivity index (χ1v) is 2.80. The maximum absolute atomic E-state index is 10.3. The van der Waals surface area contributed by atoms with Crippen molar-refractivity contribution in [2.45, 2.75) is 13.3 Å². The maximum atomic E-state index is 10.3. The van der Waals surface area contributed by atoms with E-state index in [9.17, 15) is 9.59 Å². The Hall–Kier alpha value is -0.860. The highest BCUT2D eigenvalue weighted by molar-refractivity contribution is 5.84. The van der Waals surface area contributed by atoms with Gasteiger partial charge in [0.25, 0.3) is 0 Å². The number of carboxylic acid groups (broad SMARTS) is 1. The molecule has 0 aliphatic heterocycles. The summed E-state index contributed by atoms with van der Waals surface area (Å²) in [4.78, 5) is 20.3. The van der Waals surface area contributed by atoms with Crippen molar-refractivity contribution in [1.29, 1.82) is 0 Å². The number of carboxylic acids is 1. The highest BCUT2D eigenvalue weighted by atomic mass is 16.4. The molecule has 3 nitrogen and oxygen atoms in total. The van der Waals surface area contributed by atoms with Crippen LogP contribution in [-0.2, 0) is 9.59 Å². The third-order valence-corrected chi connectivity index (χ3v) is 1.96. The van der Waals surface area contributed by atoms with Crippen molar-refractivity contribution in [1.82, 2.24) is 0 Å². The van der Waals surface area contributed by atoms with Gasteiger partial charge in [-0.3, -0.25) is 4.79 Å². The summed E-state index contributed by atoms with van der Waals surface area (Å²) >= 11 is 0. The molecule has 0 amide bonds. The monoisotopic (exact) mass is 128 g/mol. The molecule has 1 rings (SSSR count). The van der Waals surface area contributed by atoms with Crippen LogP contribution in [0.5, 0.6) is 0 Å². The first-order valence-electron chi connectivity index (χ1n) is 2.80. The molecule has 9 heavy (non-hydrogen) atoms. The van der Waals surface area contributed by atoms with Crippen molar-refractivity contribution in [3.63, 3.8) is 0 Å². The van der Waals surface area contributed by atoms with E-state index in [2.05, 4.69) is 0 Å². The fourth-order valence-electron chi connectivity index (χ4n) is 0.842. The van der Waals surface area contributed by atoms with Crippen molar-refractivity contribution in [2.24, 2.45) is 11.3 Å². The number of aldehydes is 1. The van der Waals surface area contributed by atoms with Gasteiger partial charge in [-0.2, -0.15) is 0 Å². The molecule has 0 unspecified atom stereocenters. The molecule has 50 valence electrons. The van der Waals surface area contributed by atoms with Crippen LogP contribution >= 0.6 is 0 Å². The summed E-state index contributed by atoms with van der Waals surface area (Å²) in [7, 11) is 0. The Morgan fingerprint density at radius 3 is 2.56 bits per heavy atom. The van der Waals surface area contributed by atoms with Gasteiger partial charge in [-0.1, -0.05) is 0 Å². The highest BCUT2D eigenvalue weighted by Crippen LogP contribution is 2.50. The van der Waals surface area contributed by atoms with Crippen LogP contribution in [-0.4, -0.2) is 17.4 Å². The first-order chi connectivity index (χ1) is 4.11. The number of rotatable bonds is 2. The van der Waals surface area contributed by atoms with Gasteiger partial charge in [0.05, 0.1) is 5.41 Å². The lowest BCUT2D eigenvalue weighted by Crippen LogP contribution is -2.13. The van der Waals surface area contributed by atoms with E-state index in [-0.39, 0.29) is 5.92 Å². The molecular formula is C6H8O3. The topological polar surface area (TPSA) is 54.4 Å². The normalized spacial score (nSPS) is 39.9. The molecule has 0 heterocycles. The first kappa shape index (κ1) is 6.26. The average Bonchev–Trinajstić information content (AvgIpc) is 2.44. The van der Waals surface area contributed by atoms with Crippen molar-refractivity contribution in [3.8, 4) is 0 Å². The Labute approximate surface area is 52.7 Å². The quantitative estimate of drug-likeness (QED) is 0.544. The number of aliphatic carboxylic acids is 1. The summed E-state index contributed by atoms with van der Waals surface area (Å²) in [5.74, 6) is -1.10. The van der Waals surface area contributed by atoms with E-state index in [0.29, 0.717) is 12.7 Å². The lowest BCUT2D eigenvalue weighted by Gasteiger charge is -1.97. The Bertz CT molecular complexity index is 164. The number of hydrogen-bond donors (Lipinski definition) is 1. The van der Waals surface area contributed by atoms with Gasteiger partial charge in [0, 0.05) is 5.92 Å². The third kappa shape index (κ3) is 0.724. The van der Waals surface area contributed by atoms with Crippen LogP contribution in [0.1, 0.15) is 13.3 Å². The van der Waals surface area contributed by atoms with Gasteiger partial charge in [0.2, 0.25) is 0 Å². The zero-order valence-electron chi connectivity index (χ0n) is 5.13. The van der Waals surface area contributed by atoms with E-state index < -0.39 is 11.4 Å². The van der Waals surface area contributed by atoms with Crippen molar-refractivity contribution >= 4 is 12.3 Å². The SMILES string of the molecule is C[C@]1(C(=O)O)C[C@@H]1C=O. The van der Waals surface area contributed by atoms with Gasteiger partial charge in [-0.25, -0.2) is 0 Å². The van der Waals surface area contributed by atoms with Crippen LogP contribution in [0.3, 0.4) is 0 Å². The minimum atomic E-state index is -0.861. The van der Waals surface area contributed by atoms with Gasteiger partial charge in [0.1, 0.15) is 6.29 Å². The zero-order chi connectivity index (χ0) is 7.07. The van der Waals surface area contributed by atoms with Crippen molar-refractivity contribution < 1.29 is 14.7 Å². The second-order valence-electron chi connectivity index (χ2n) is 2.67. The fourth-order valence-corrected chi connectivity index (χ4v) is 0.842. The summed E-state index contributed by atoms with van der Waals surface area (Å²) in [5.41, 5.74) is -0.734. The Morgan fingerprint density at radius 1 is 1.89 bits per heavy atom. The molecular weight excluding hydrogens is 120 g/mol. The molecule has 1 aliphatic carbocycles. The van der Waals surface area contributed by atoms with Gasteiger partial charge < -0.3 is 9.90 Å². The van der Waals surface area contributed by atoms with Crippen LogP contribution in [0, 0.1) is 11.3 Å². The molecule has 0 spiro atoms. The number of hydrogen-bond acceptors (Lipinski definition) is 2. The van der Waals surface area contributed by atoms with Gasteiger partial charge in [-0.15, -0.1) is 0 Å². The summed E-state index contributed by atoms with van der Waals surface area (Å²) < 4.78 is 0. The predicted octanol–water partition coefficient (Wildman–Crippen LogP) is 0.296. The minimum Gasteiger partial charge on any atom is -0.481 e. The second-order valence-corrected chi connectivity index (χ2v) is 2.67. The zero-order valence-corrected chi connectivity index (χ0v) is 5.13. The van der Waals surface area contributed by atoms with Crippen molar-refractivity contribution in [2.75, 3.05) is 0 Å².